The number of pyridine rings is 1. The fourth-order valence-corrected chi connectivity index (χ4v) is 3.26. The molecule has 0 aliphatic carbocycles. The predicted molar refractivity (Wildman–Crippen MR) is 85.7 cm³/mol. The van der Waals surface area contributed by atoms with Gasteiger partial charge in [0.05, 0.1) is 18.3 Å². The maximum atomic E-state index is 12.4. The first-order valence-electron chi connectivity index (χ1n) is 7.76. The largest absolute Gasteiger partial charge is 0.396 e. The van der Waals surface area contributed by atoms with Crippen LogP contribution in [0.5, 0.6) is 0 Å². The van der Waals surface area contributed by atoms with Crippen molar-refractivity contribution in [1.82, 2.24) is 14.9 Å². The molecule has 1 atom stereocenters. The Hall–Kier alpha value is -2.08. The normalized spacial score (nSPS) is 21.5. The molecule has 0 bridgehead atoms. The minimum absolute atomic E-state index is 0.135. The van der Waals surface area contributed by atoms with E-state index in [4.69, 9.17) is 0 Å². The lowest BCUT2D eigenvalue weighted by atomic mass is 9.83. The highest BCUT2D eigenvalue weighted by atomic mass is 16.3. The number of aliphatic hydroxyl groups is 1. The van der Waals surface area contributed by atoms with E-state index in [9.17, 15) is 9.90 Å². The van der Waals surface area contributed by atoms with Gasteiger partial charge in [-0.05, 0) is 25.0 Å². The predicted octanol–water partition coefficient (Wildman–Crippen LogP) is 2.58. The molecule has 1 saturated heterocycles. The molecular formula is C16H22N4O2. The topological polar surface area (TPSA) is 81.2 Å². The Kier molecular flexibility index (Phi) is 4.02. The molecular weight excluding hydrogens is 280 g/mol. The molecule has 0 saturated carbocycles. The van der Waals surface area contributed by atoms with Gasteiger partial charge in [-0.1, -0.05) is 13.3 Å². The summed E-state index contributed by atoms with van der Waals surface area (Å²) < 4.78 is 0. The summed E-state index contributed by atoms with van der Waals surface area (Å²) in [6.45, 7) is 3.53. The van der Waals surface area contributed by atoms with E-state index in [2.05, 4.69) is 22.2 Å². The number of hydrogen-bond acceptors (Lipinski definition) is 3. The van der Waals surface area contributed by atoms with Gasteiger partial charge in [-0.3, -0.25) is 5.32 Å². The van der Waals surface area contributed by atoms with Gasteiger partial charge in [0, 0.05) is 30.1 Å². The van der Waals surface area contributed by atoms with E-state index in [1.807, 2.05) is 18.3 Å². The van der Waals surface area contributed by atoms with Crippen LogP contribution in [0.4, 0.5) is 10.6 Å². The molecule has 1 aliphatic heterocycles. The number of carbonyl (C=O) groups is 1. The number of carbonyl (C=O) groups excluding carboxylic acids is 1. The molecule has 3 heterocycles. The highest BCUT2D eigenvalue weighted by molar-refractivity contribution is 5.91. The smallest absolute Gasteiger partial charge is 0.323 e. The van der Waals surface area contributed by atoms with Crippen LogP contribution < -0.4 is 5.32 Å². The van der Waals surface area contributed by atoms with E-state index in [0.29, 0.717) is 18.9 Å². The Bertz CT molecular complexity index is 669. The van der Waals surface area contributed by atoms with Gasteiger partial charge >= 0.3 is 6.03 Å². The molecule has 0 spiro atoms. The van der Waals surface area contributed by atoms with Crippen LogP contribution >= 0.6 is 0 Å². The number of nitrogens with zero attached hydrogens (tertiary/aromatic N) is 2. The van der Waals surface area contributed by atoms with Crippen LogP contribution in [0.2, 0.25) is 0 Å². The number of likely N-dealkylation sites (tertiary alicyclic amines) is 1. The maximum absolute atomic E-state index is 12.4. The van der Waals surface area contributed by atoms with Crippen LogP contribution in [0.15, 0.2) is 24.5 Å². The van der Waals surface area contributed by atoms with E-state index in [0.717, 1.165) is 30.2 Å². The number of hydrogen-bond donors (Lipinski definition) is 3. The molecule has 1 unspecified atom stereocenters. The Morgan fingerprint density at radius 2 is 2.45 bits per heavy atom. The molecule has 6 heteroatoms. The summed E-state index contributed by atoms with van der Waals surface area (Å²) in [4.78, 5) is 21.5. The van der Waals surface area contributed by atoms with Gasteiger partial charge in [0.2, 0.25) is 0 Å². The van der Waals surface area contributed by atoms with Gasteiger partial charge in [-0.25, -0.2) is 9.78 Å². The number of nitrogens with one attached hydrogen (secondary N) is 2. The van der Waals surface area contributed by atoms with Gasteiger partial charge in [0.25, 0.3) is 0 Å². The molecule has 2 amide bonds. The average Bonchev–Trinajstić information content (AvgIpc) is 3.14. The van der Waals surface area contributed by atoms with Crippen molar-refractivity contribution in [2.45, 2.75) is 26.2 Å². The van der Waals surface area contributed by atoms with Crippen LogP contribution in [0.3, 0.4) is 0 Å². The van der Waals surface area contributed by atoms with Crippen LogP contribution in [-0.4, -0.2) is 45.7 Å². The Balaban J connectivity index is 1.67. The number of anilines is 1. The summed E-state index contributed by atoms with van der Waals surface area (Å²) in [5.41, 5.74) is 0.811. The Morgan fingerprint density at radius 1 is 1.59 bits per heavy atom. The molecule has 2 aromatic rings. The lowest BCUT2D eigenvalue weighted by Crippen LogP contribution is -2.36. The molecule has 6 nitrogen and oxygen atoms in total. The average molecular weight is 302 g/mol. The number of rotatable bonds is 4. The number of H-pyrrole nitrogens is 1. The van der Waals surface area contributed by atoms with Gasteiger partial charge < -0.3 is 15.0 Å². The third-order valence-corrected chi connectivity index (χ3v) is 4.51. The summed E-state index contributed by atoms with van der Waals surface area (Å²) in [6.07, 6.45) is 6.38. The highest BCUT2D eigenvalue weighted by Gasteiger charge is 2.38. The summed E-state index contributed by atoms with van der Waals surface area (Å²) in [5, 5.41) is 13.5. The third kappa shape index (κ3) is 2.78. The van der Waals surface area contributed by atoms with Crippen LogP contribution in [-0.2, 0) is 0 Å². The number of urea groups is 1. The summed E-state index contributed by atoms with van der Waals surface area (Å²) in [7, 11) is 0. The van der Waals surface area contributed by atoms with Gasteiger partial charge in [-0.2, -0.15) is 0 Å². The van der Waals surface area contributed by atoms with E-state index < -0.39 is 0 Å². The van der Waals surface area contributed by atoms with Crippen LogP contribution in [0.1, 0.15) is 26.2 Å². The maximum Gasteiger partial charge on any atom is 0.323 e. The van der Waals surface area contributed by atoms with E-state index in [-0.39, 0.29) is 18.1 Å². The minimum atomic E-state index is -0.145. The van der Waals surface area contributed by atoms with Crippen molar-refractivity contribution >= 4 is 22.8 Å². The fourth-order valence-electron chi connectivity index (χ4n) is 3.26. The highest BCUT2D eigenvalue weighted by Crippen LogP contribution is 2.34. The molecule has 1 fully saturated rings. The Labute approximate surface area is 129 Å². The lowest BCUT2D eigenvalue weighted by molar-refractivity contribution is 0.122. The van der Waals surface area contributed by atoms with Crippen LogP contribution in [0, 0.1) is 5.41 Å². The molecule has 1 aliphatic rings. The summed E-state index contributed by atoms with van der Waals surface area (Å²) >= 11 is 0. The molecule has 0 radical (unpaired) electrons. The van der Waals surface area contributed by atoms with E-state index in [1.165, 1.54) is 0 Å². The van der Waals surface area contributed by atoms with Crippen molar-refractivity contribution in [1.29, 1.82) is 0 Å². The Morgan fingerprint density at radius 3 is 3.23 bits per heavy atom. The van der Waals surface area contributed by atoms with Gasteiger partial charge in [0.1, 0.15) is 5.82 Å². The van der Waals surface area contributed by atoms with Crippen molar-refractivity contribution in [3.05, 3.63) is 24.5 Å². The lowest BCUT2D eigenvalue weighted by Gasteiger charge is -2.26. The monoisotopic (exact) mass is 302 g/mol. The first kappa shape index (κ1) is 14.8. The van der Waals surface area contributed by atoms with Crippen LogP contribution in [0.25, 0.3) is 10.9 Å². The zero-order valence-corrected chi connectivity index (χ0v) is 12.8. The number of aliphatic hydroxyl groups excluding tert-OH is 1. The second-order valence-electron chi connectivity index (χ2n) is 6.14. The molecule has 3 N–H and O–H groups in total. The molecule has 118 valence electrons. The van der Waals surface area contributed by atoms with Crippen molar-refractivity contribution in [2.24, 2.45) is 5.41 Å². The summed E-state index contributed by atoms with van der Waals surface area (Å²) in [6, 6.07) is 3.65. The minimum Gasteiger partial charge on any atom is -0.396 e. The number of fused-ring (bicyclic) bond motifs is 1. The third-order valence-electron chi connectivity index (χ3n) is 4.51. The zero-order valence-electron chi connectivity index (χ0n) is 12.8. The molecule has 2 aromatic heterocycles. The van der Waals surface area contributed by atoms with Crippen molar-refractivity contribution in [3.8, 4) is 0 Å². The molecule has 3 rings (SSSR count). The quantitative estimate of drug-likeness (QED) is 0.812. The number of aromatic amines is 1. The number of amides is 2. The fraction of sp³-hybridized carbons (Fsp3) is 0.500. The standard InChI is InChI=1S/C16H22N4O2/c1-2-4-16(11-21)5-7-20(10-16)15(22)19-14-8-12-3-6-17-13(12)9-18-14/h3,6,8-9,17,21H,2,4-5,7,10-11H2,1H3,(H,18,19,22). The van der Waals surface area contributed by atoms with Gasteiger partial charge in [-0.15, -0.1) is 0 Å². The van der Waals surface area contributed by atoms with Crippen molar-refractivity contribution in [2.75, 3.05) is 25.0 Å². The van der Waals surface area contributed by atoms with Crippen molar-refractivity contribution in [3.63, 3.8) is 0 Å². The second kappa shape index (κ2) is 5.96. The van der Waals surface area contributed by atoms with Crippen molar-refractivity contribution < 1.29 is 9.90 Å². The summed E-state index contributed by atoms with van der Waals surface area (Å²) in [5.74, 6) is 0.550. The van der Waals surface area contributed by atoms with Gasteiger partial charge in [0.15, 0.2) is 0 Å². The number of aromatic nitrogens is 2. The zero-order chi connectivity index (χ0) is 15.6. The molecule has 22 heavy (non-hydrogen) atoms. The molecule has 0 aromatic carbocycles. The first-order valence-corrected chi connectivity index (χ1v) is 7.76. The first-order chi connectivity index (χ1) is 10.7. The SMILES string of the molecule is CCCC1(CO)CCN(C(=O)Nc2cc3cc[nH]c3cn2)C1. The van der Waals surface area contributed by atoms with E-state index in [1.54, 1.807) is 11.1 Å². The van der Waals surface area contributed by atoms with E-state index >= 15 is 0 Å². The second-order valence-corrected chi connectivity index (χ2v) is 6.14.